The summed E-state index contributed by atoms with van der Waals surface area (Å²) in [6, 6.07) is -2.81. The number of halogens is 10. The molecule has 24 heteroatoms. The van der Waals surface area contributed by atoms with E-state index in [1.54, 1.807) is 42.5 Å². The molecular weight excluding hydrogens is 1420 g/mol. The van der Waals surface area contributed by atoms with Crippen molar-refractivity contribution < 1.29 is 104 Å². The third kappa shape index (κ3) is 19.2. The average Bonchev–Trinajstić information content (AvgIpc) is 0.722. The molecule has 0 saturated carbocycles. The maximum Gasteiger partial charge on any atom is 0.416 e. The molecule has 0 bridgehead atoms. The lowest BCUT2D eigenvalue weighted by Crippen LogP contribution is -2.49. The Morgan fingerprint density at radius 1 is 0.575 bits per heavy atom. The second-order valence-corrected chi connectivity index (χ2v) is 25.2. The van der Waals surface area contributed by atoms with Crippen LogP contribution >= 0.6 is 23.5 Å². The van der Waals surface area contributed by atoms with Crippen LogP contribution in [0, 0.1) is 30.2 Å². The van der Waals surface area contributed by atoms with Gasteiger partial charge < -0.3 is 38.2 Å². The number of pyridine rings is 2. The Hall–Kier alpha value is -9.04. The number of piperidine rings is 2. The fourth-order valence-corrected chi connectivity index (χ4v) is 13.0. The van der Waals surface area contributed by atoms with Crippen molar-refractivity contribution in [2.24, 2.45) is 0 Å². The number of hydrogen-bond donors (Lipinski definition) is 0. The summed E-state index contributed by atoms with van der Waals surface area (Å²) in [6.45, 7) is -15.6. The van der Waals surface area contributed by atoms with Gasteiger partial charge in [-0.3, -0.25) is 19.2 Å². The maximum atomic E-state index is 15.6. The molecule has 2 saturated heterocycles. The number of rotatable bonds is 24. The lowest BCUT2D eigenvalue weighted by molar-refractivity contribution is -0.138. The van der Waals surface area contributed by atoms with Crippen LogP contribution in [-0.4, -0.2) is 119 Å². The van der Waals surface area contributed by atoms with Crippen molar-refractivity contribution >= 4 is 57.1 Å². The fraction of sp³-hybridized carbons (Fsp3) is 0.317. The number of hydrogen-bond acceptors (Lipinski definition) is 10. The molecule has 0 spiro atoms. The van der Waals surface area contributed by atoms with E-state index < -0.39 is 305 Å². The second-order valence-electron chi connectivity index (χ2n) is 23.6. The SMILES string of the molecule is [2H]C([2H])(Sc1cc(=O)c2ccccc2n1CC(=O)N(C1CCN(C([2H])([2H])C([2H])([2H])OC)CC1)C([2H])(C)c1ccc(-c2ccc(C(F)(F)F)cc2)cc1)c1cccc(F)c1F.[2H]c1c([2H])c(F)c(F)c(C([2H])([2H])Sc2c([2H])c(=O)c3c([2H])c(C)c([2H])c([2H])c3n2CC(=O)N(C2CCN(C([2H])([2H])C([2H])([2H])OC)CC2)C([2H])([2H])c2c([2H])c([2H])c(-c3c([2H])c([2H])c(C(F)(F)F)c([2H])c3[2H])c([2H])c2[2H])c1[2H]. The second kappa shape index (κ2) is 35.1. The molecule has 2 aromatic heterocycles. The van der Waals surface area contributed by atoms with Crippen LogP contribution in [0.5, 0.6) is 0 Å². The first kappa shape index (κ1) is 47.6. The van der Waals surface area contributed by atoms with Gasteiger partial charge in [-0.15, -0.1) is 23.5 Å². The number of thioether (sulfide) groups is 2. The molecule has 0 radical (unpaired) electrons. The van der Waals surface area contributed by atoms with Gasteiger partial charge >= 0.3 is 12.4 Å². The van der Waals surface area contributed by atoms with Crippen LogP contribution in [0.3, 0.4) is 0 Å². The summed E-state index contributed by atoms with van der Waals surface area (Å²) in [5.41, 5.74) is -16.6. The predicted molar refractivity (Wildman–Crippen MR) is 395 cm³/mol. The quantitative estimate of drug-likeness (QED) is 0.0428. The van der Waals surface area contributed by atoms with Crippen LogP contribution in [0.1, 0.15) is 119 Å². The lowest BCUT2D eigenvalue weighted by atomic mass is 9.96. The predicted octanol–water partition coefficient (Wildman–Crippen LogP) is 17.7. The van der Waals surface area contributed by atoms with Crippen LogP contribution in [0.15, 0.2) is 207 Å². The molecule has 2 aliphatic rings. The Morgan fingerprint density at radius 3 is 1.75 bits per heavy atom. The number of fused-ring (bicyclic) bond motifs is 2. The van der Waals surface area contributed by atoms with Crippen molar-refractivity contribution in [3.8, 4) is 22.3 Å². The van der Waals surface area contributed by atoms with Gasteiger partial charge in [-0.25, -0.2) is 17.6 Å². The molecule has 8 aromatic carbocycles. The minimum atomic E-state index is -5.45. The highest BCUT2D eigenvalue weighted by atomic mass is 32.2. The van der Waals surface area contributed by atoms with E-state index in [0.29, 0.717) is 33.0 Å². The normalized spacial score (nSPS) is 19.8. The molecule has 2 aliphatic heterocycles. The number of benzene rings is 8. The highest BCUT2D eigenvalue weighted by Gasteiger charge is 2.35. The van der Waals surface area contributed by atoms with E-state index in [4.69, 9.17) is 46.5 Å². The number of nitrogens with zero attached hydrogens (tertiary/aromatic N) is 6. The Kier molecular flexibility index (Phi) is 15.8. The fourth-order valence-electron chi connectivity index (χ4n) is 11.4. The number of ether oxygens (including phenoxy) is 2. The van der Waals surface area contributed by atoms with Crippen molar-refractivity contribution in [2.75, 3.05) is 66.5 Å². The van der Waals surface area contributed by atoms with Gasteiger partial charge in [0.05, 0.1) is 81.5 Å². The summed E-state index contributed by atoms with van der Waals surface area (Å²) < 4.78 is 411. The van der Waals surface area contributed by atoms with Crippen LogP contribution in [-0.2, 0) is 62.4 Å². The smallest absolute Gasteiger partial charge is 0.383 e. The van der Waals surface area contributed by atoms with Crippen LogP contribution in [0.25, 0.3) is 44.1 Å². The standard InChI is InChI=1S/2C41H40F5N3O3S/c1-27(28-10-12-29(13-11-28)30-14-16-32(17-15-30)41(44,45)46)49(33-18-20-47(21-19-33)22-23-52-2)38(51)25-48-36-9-4-3-7-34(36)37(50)24-39(48)53-26-31-6-5-8-35(42)40(31)43;1-27-6-15-36-34(22-27)37(50)23-39(53-26-31-4-3-5-35(42)40(31)43)49(36)25-38(51)48(33-16-18-47(19-17-33)20-21-52-2)24-28-7-9-29(10-8-28)30-11-13-32(14-12-30)41(44,45)46/h3-17,24,27,33H,18-23,25-26H2,1-2H3;3-15,22-23,33H,16-21,24-26H2,1-2H3/i22D2,23D2,26D2,27D;3D,4D,5D,6D,7D,8D,9D,10D,11D,12D,13D,14D,15D,20D2,21D2,22D,23D,24D2,26D2. The molecule has 1 unspecified atom stereocenters. The highest BCUT2D eigenvalue weighted by molar-refractivity contribution is 7.98. The lowest BCUT2D eigenvalue weighted by Gasteiger charge is -2.42. The Balaban J connectivity index is 0.000000268. The van der Waals surface area contributed by atoms with Gasteiger partial charge in [0.15, 0.2) is 34.1 Å². The first-order valence-electron chi connectivity index (χ1n) is 47.0. The summed E-state index contributed by atoms with van der Waals surface area (Å²) in [7, 11) is 1.92. The van der Waals surface area contributed by atoms with E-state index in [2.05, 4.69) is 0 Å². The molecule has 0 aliphatic carbocycles. The maximum absolute atomic E-state index is 15.6. The molecule has 12 nitrogen and oxygen atoms in total. The van der Waals surface area contributed by atoms with E-state index >= 15 is 9.18 Å². The topological polar surface area (TPSA) is 110 Å². The molecule has 4 heterocycles. The van der Waals surface area contributed by atoms with E-state index in [1.165, 1.54) is 39.5 Å². The zero-order valence-corrected chi connectivity index (χ0v) is 57.8. The number of aromatic nitrogens is 2. The largest absolute Gasteiger partial charge is 0.416 e. The van der Waals surface area contributed by atoms with Gasteiger partial charge in [-0.05, 0) is 133 Å². The van der Waals surface area contributed by atoms with E-state index in [9.17, 15) is 58.0 Å². The number of alkyl halides is 6. The van der Waals surface area contributed by atoms with Crippen molar-refractivity contribution in [1.29, 1.82) is 0 Å². The number of likely N-dealkylation sites (tertiary alicyclic amines) is 2. The minimum Gasteiger partial charge on any atom is -0.383 e. The molecule has 2 fully saturated rings. The number of para-hydroxylation sites is 1. The van der Waals surface area contributed by atoms with Crippen molar-refractivity contribution in [3.63, 3.8) is 0 Å². The third-order valence-electron chi connectivity index (χ3n) is 16.7. The summed E-state index contributed by atoms with van der Waals surface area (Å²) in [4.78, 5) is 61.5. The van der Waals surface area contributed by atoms with Gasteiger partial charge in [0.1, 0.15) is 13.1 Å². The van der Waals surface area contributed by atoms with Gasteiger partial charge in [-0.2, -0.15) is 26.3 Å². The molecule has 0 N–H and O–H groups in total. The van der Waals surface area contributed by atoms with Crippen molar-refractivity contribution in [2.45, 2.75) is 111 Å². The Bertz CT molecular complexity index is 6440. The van der Waals surface area contributed by atoms with Gasteiger partial charge in [-0.1, -0.05) is 121 Å². The van der Waals surface area contributed by atoms with Crippen LogP contribution in [0.2, 0.25) is 0 Å². The molecule has 556 valence electrons. The third-order valence-corrected chi connectivity index (χ3v) is 18.4. The van der Waals surface area contributed by atoms with Gasteiger partial charge in [0.25, 0.3) is 0 Å². The number of carbonyl (C=O) groups is 2. The number of methoxy groups -OCH3 is 2. The first-order chi connectivity index (χ1) is 62.7. The highest BCUT2D eigenvalue weighted by Crippen LogP contribution is 2.37. The van der Waals surface area contributed by atoms with Crippen LogP contribution in [0.4, 0.5) is 43.9 Å². The van der Waals surface area contributed by atoms with E-state index in [-0.39, 0.29) is 64.1 Å². The molecule has 10 aromatic rings. The summed E-state index contributed by atoms with van der Waals surface area (Å²) in [5, 5.41) is -1.87. The average molecular weight is 1530 g/mol. The van der Waals surface area contributed by atoms with Gasteiger partial charge in [0.2, 0.25) is 11.8 Å². The monoisotopic (exact) mass is 1530 g/mol. The number of carbonyl (C=O) groups excluding carboxylic acids is 2. The van der Waals surface area contributed by atoms with Gasteiger partial charge in [0, 0.05) is 128 Å². The zero-order valence-electron chi connectivity index (χ0n) is 86.2. The molecule has 12 rings (SSSR count). The first-order valence-corrected chi connectivity index (χ1v) is 33.7. The molecule has 2 amide bonds. The van der Waals surface area contributed by atoms with Crippen molar-refractivity contribution in [1.82, 2.24) is 28.7 Å². The minimum absolute atomic E-state index is 0.0469. The summed E-state index contributed by atoms with van der Waals surface area (Å²) >= 11 is 0.00857. The molecule has 106 heavy (non-hydrogen) atoms. The summed E-state index contributed by atoms with van der Waals surface area (Å²) in [5.74, 6) is -9.23. The van der Waals surface area contributed by atoms with Crippen LogP contribution < -0.4 is 10.9 Å². The zero-order chi connectivity index (χ0) is 102. The van der Waals surface area contributed by atoms with E-state index in [0.717, 1.165) is 62.4 Å². The Morgan fingerprint density at radius 2 is 1.13 bits per heavy atom. The summed E-state index contributed by atoms with van der Waals surface area (Å²) in [6.07, 6.45) is -10.9. The van der Waals surface area contributed by atoms with Crippen molar-refractivity contribution in [3.05, 3.63) is 270 Å². The molecular formula is C82H80F10N6O6S2. The van der Waals surface area contributed by atoms with E-state index in [1.807, 2.05) is 0 Å². The number of amides is 2. The Labute approximate surface area is 658 Å². The molecule has 1 atom stereocenters.